The first kappa shape index (κ1) is 19.5. The number of carboxylic acids is 1. The van der Waals surface area contributed by atoms with Gasteiger partial charge in [-0.15, -0.1) is 0 Å². The minimum absolute atomic E-state index is 0.0116. The quantitative estimate of drug-likeness (QED) is 0.784. The molecule has 2 N–H and O–H groups in total. The standard InChI is InChI=1S/C20H22ClNO5/c1-2-16-15(19(24)25)11-17(27-16)18(23)22-12-20(6-8-26-9-7-20)13-4-3-5-14(21)10-13/h3-5,10-11H,2,6-9,12H2,1H3,(H,22,23)(H,24,25). The number of aromatic carboxylic acids is 1. The Bertz CT molecular complexity index is 839. The Hall–Kier alpha value is -2.31. The molecule has 0 bridgehead atoms. The topological polar surface area (TPSA) is 88.8 Å². The van der Waals surface area contributed by atoms with Crippen molar-refractivity contribution < 1.29 is 23.8 Å². The Morgan fingerprint density at radius 3 is 2.59 bits per heavy atom. The number of amides is 1. The number of furan rings is 1. The van der Waals surface area contributed by atoms with E-state index in [-0.39, 0.29) is 16.7 Å². The predicted molar refractivity (Wildman–Crippen MR) is 101 cm³/mol. The summed E-state index contributed by atoms with van der Waals surface area (Å²) in [7, 11) is 0. The van der Waals surface area contributed by atoms with Gasteiger partial charge in [0.1, 0.15) is 11.3 Å². The van der Waals surface area contributed by atoms with E-state index in [2.05, 4.69) is 5.32 Å². The Kier molecular flexibility index (Phi) is 5.87. The molecule has 0 aliphatic carbocycles. The van der Waals surface area contributed by atoms with Crippen LogP contribution in [-0.4, -0.2) is 36.7 Å². The van der Waals surface area contributed by atoms with Gasteiger partial charge in [-0.1, -0.05) is 30.7 Å². The molecule has 0 radical (unpaired) electrons. The van der Waals surface area contributed by atoms with Gasteiger partial charge in [-0.25, -0.2) is 4.79 Å². The van der Waals surface area contributed by atoms with Gasteiger partial charge in [0.2, 0.25) is 0 Å². The van der Waals surface area contributed by atoms with Gasteiger partial charge in [-0.3, -0.25) is 4.79 Å². The highest BCUT2D eigenvalue weighted by Gasteiger charge is 2.35. The molecule has 1 saturated heterocycles. The molecule has 1 aliphatic rings. The number of aryl methyl sites for hydroxylation is 1. The van der Waals surface area contributed by atoms with E-state index in [0.717, 1.165) is 18.4 Å². The summed E-state index contributed by atoms with van der Waals surface area (Å²) in [6.45, 7) is 3.38. The van der Waals surface area contributed by atoms with Crippen molar-refractivity contribution in [3.63, 3.8) is 0 Å². The highest BCUT2D eigenvalue weighted by molar-refractivity contribution is 6.30. The van der Waals surface area contributed by atoms with Crippen LogP contribution in [0.15, 0.2) is 34.7 Å². The highest BCUT2D eigenvalue weighted by atomic mass is 35.5. The van der Waals surface area contributed by atoms with Crippen molar-refractivity contribution in [2.24, 2.45) is 0 Å². The van der Waals surface area contributed by atoms with Crippen molar-refractivity contribution in [3.05, 3.63) is 58.0 Å². The lowest BCUT2D eigenvalue weighted by molar-refractivity contribution is 0.0484. The summed E-state index contributed by atoms with van der Waals surface area (Å²) in [6.07, 6.45) is 1.91. The molecule has 1 aromatic heterocycles. The Labute approximate surface area is 162 Å². The summed E-state index contributed by atoms with van der Waals surface area (Å²) in [5.41, 5.74) is 0.797. The largest absolute Gasteiger partial charge is 0.478 e. The van der Waals surface area contributed by atoms with E-state index < -0.39 is 11.9 Å². The monoisotopic (exact) mass is 391 g/mol. The third kappa shape index (κ3) is 4.17. The van der Waals surface area contributed by atoms with E-state index in [1.807, 2.05) is 24.3 Å². The summed E-state index contributed by atoms with van der Waals surface area (Å²) in [5.74, 6) is -1.22. The van der Waals surface area contributed by atoms with Gasteiger partial charge in [0.25, 0.3) is 5.91 Å². The molecule has 1 aromatic carbocycles. The van der Waals surface area contributed by atoms with E-state index in [1.165, 1.54) is 6.07 Å². The lowest BCUT2D eigenvalue weighted by Gasteiger charge is -2.38. The number of hydrogen-bond donors (Lipinski definition) is 2. The molecule has 1 amide bonds. The SMILES string of the molecule is CCc1oc(C(=O)NCC2(c3cccc(Cl)c3)CCOCC2)cc1C(=O)O. The number of carbonyl (C=O) groups is 2. The maximum absolute atomic E-state index is 12.6. The third-order valence-corrected chi connectivity index (χ3v) is 5.29. The summed E-state index contributed by atoms with van der Waals surface area (Å²) in [5, 5.41) is 12.8. The van der Waals surface area contributed by atoms with Crippen molar-refractivity contribution in [3.8, 4) is 0 Å². The summed E-state index contributed by atoms with van der Waals surface area (Å²) >= 11 is 6.16. The summed E-state index contributed by atoms with van der Waals surface area (Å²) < 4.78 is 10.9. The molecule has 1 fully saturated rings. The smallest absolute Gasteiger partial charge is 0.339 e. The molecule has 6 nitrogen and oxygen atoms in total. The second-order valence-electron chi connectivity index (χ2n) is 6.69. The van der Waals surface area contributed by atoms with Crippen LogP contribution in [0.5, 0.6) is 0 Å². The Morgan fingerprint density at radius 1 is 1.26 bits per heavy atom. The first-order chi connectivity index (χ1) is 12.9. The molecular formula is C20H22ClNO5. The fraction of sp³-hybridized carbons (Fsp3) is 0.400. The zero-order valence-electron chi connectivity index (χ0n) is 15.1. The number of carbonyl (C=O) groups excluding carboxylic acids is 1. The molecule has 1 aliphatic heterocycles. The van der Waals surface area contributed by atoms with E-state index in [4.69, 9.17) is 20.8 Å². The molecule has 0 spiro atoms. The van der Waals surface area contributed by atoms with Crippen LogP contribution in [0.4, 0.5) is 0 Å². The molecule has 0 unspecified atom stereocenters. The normalized spacial score (nSPS) is 16.1. The number of rotatable bonds is 6. The minimum atomic E-state index is -1.10. The average molecular weight is 392 g/mol. The van der Waals surface area contributed by atoms with Gasteiger partial charge in [0, 0.05) is 42.7 Å². The number of nitrogens with one attached hydrogen (secondary N) is 1. The summed E-state index contributed by atoms with van der Waals surface area (Å²) in [4.78, 5) is 23.8. The lowest BCUT2D eigenvalue weighted by Crippen LogP contribution is -2.44. The van der Waals surface area contributed by atoms with Crippen molar-refractivity contribution in [2.75, 3.05) is 19.8 Å². The zero-order valence-corrected chi connectivity index (χ0v) is 15.8. The second kappa shape index (κ2) is 8.15. The molecule has 7 heteroatoms. The highest BCUT2D eigenvalue weighted by Crippen LogP contribution is 2.35. The fourth-order valence-corrected chi connectivity index (χ4v) is 3.66. The maximum Gasteiger partial charge on any atom is 0.339 e. The number of carboxylic acid groups (broad SMARTS) is 1. The molecule has 144 valence electrons. The predicted octanol–water partition coefficient (Wildman–Crippen LogP) is 3.67. The van der Waals surface area contributed by atoms with Crippen LogP contribution in [0.1, 0.15) is 52.0 Å². The average Bonchev–Trinajstić information content (AvgIpc) is 3.12. The van der Waals surface area contributed by atoms with Gasteiger partial charge in [-0.05, 0) is 30.5 Å². The van der Waals surface area contributed by atoms with Crippen LogP contribution >= 0.6 is 11.6 Å². The molecule has 0 saturated carbocycles. The summed E-state index contributed by atoms with van der Waals surface area (Å²) in [6, 6.07) is 8.93. The molecule has 27 heavy (non-hydrogen) atoms. The number of benzene rings is 1. The van der Waals surface area contributed by atoms with Gasteiger partial charge in [0.05, 0.1) is 0 Å². The van der Waals surface area contributed by atoms with Crippen molar-refractivity contribution in [2.45, 2.75) is 31.6 Å². The molecule has 2 heterocycles. The first-order valence-electron chi connectivity index (χ1n) is 8.93. The second-order valence-corrected chi connectivity index (χ2v) is 7.13. The van der Waals surface area contributed by atoms with Crippen LogP contribution in [0, 0.1) is 0 Å². The molecule has 0 atom stereocenters. The van der Waals surface area contributed by atoms with Gasteiger partial charge in [0.15, 0.2) is 5.76 Å². The molecule has 3 rings (SSSR count). The van der Waals surface area contributed by atoms with Crippen LogP contribution in [0.2, 0.25) is 5.02 Å². The fourth-order valence-electron chi connectivity index (χ4n) is 3.47. The van der Waals surface area contributed by atoms with E-state index in [0.29, 0.717) is 37.0 Å². The van der Waals surface area contributed by atoms with Gasteiger partial charge >= 0.3 is 5.97 Å². The van der Waals surface area contributed by atoms with E-state index in [9.17, 15) is 14.7 Å². The van der Waals surface area contributed by atoms with Crippen molar-refractivity contribution in [1.82, 2.24) is 5.32 Å². The molecular weight excluding hydrogens is 370 g/mol. The van der Waals surface area contributed by atoms with Crippen molar-refractivity contribution in [1.29, 1.82) is 0 Å². The van der Waals surface area contributed by atoms with Gasteiger partial charge < -0.3 is 19.6 Å². The first-order valence-corrected chi connectivity index (χ1v) is 9.31. The van der Waals surface area contributed by atoms with Crippen molar-refractivity contribution >= 4 is 23.5 Å². The van der Waals surface area contributed by atoms with Crippen LogP contribution < -0.4 is 5.32 Å². The van der Waals surface area contributed by atoms with Crippen LogP contribution in [0.25, 0.3) is 0 Å². The maximum atomic E-state index is 12.6. The number of hydrogen-bond acceptors (Lipinski definition) is 4. The zero-order chi connectivity index (χ0) is 19.4. The Balaban J connectivity index is 1.80. The minimum Gasteiger partial charge on any atom is -0.478 e. The molecule has 2 aromatic rings. The van der Waals surface area contributed by atoms with Gasteiger partial charge in [-0.2, -0.15) is 0 Å². The van der Waals surface area contributed by atoms with Crippen LogP contribution in [0.3, 0.4) is 0 Å². The van der Waals surface area contributed by atoms with E-state index >= 15 is 0 Å². The number of halogens is 1. The van der Waals surface area contributed by atoms with E-state index in [1.54, 1.807) is 6.92 Å². The van der Waals surface area contributed by atoms with Crippen LogP contribution in [-0.2, 0) is 16.6 Å². The third-order valence-electron chi connectivity index (χ3n) is 5.06. The lowest BCUT2D eigenvalue weighted by atomic mass is 9.74. The Morgan fingerprint density at radius 2 is 2.00 bits per heavy atom. The number of ether oxygens (including phenoxy) is 1.